The van der Waals surface area contributed by atoms with Gasteiger partial charge in [-0.3, -0.25) is 49.5 Å². The number of rotatable bonds is 10. The summed E-state index contributed by atoms with van der Waals surface area (Å²) in [6.07, 6.45) is 17.8. The van der Waals surface area contributed by atoms with Gasteiger partial charge in [-0.2, -0.15) is 0 Å². The molecule has 2 heterocycles. The van der Waals surface area contributed by atoms with Crippen LogP contribution in [-0.2, 0) is 0 Å². The van der Waals surface area contributed by atoms with Crippen LogP contribution in [-0.4, -0.2) is 206 Å². The molecule has 0 radical (unpaired) electrons. The van der Waals surface area contributed by atoms with Crippen molar-refractivity contribution in [3.63, 3.8) is 0 Å². The van der Waals surface area contributed by atoms with Gasteiger partial charge in [0, 0.05) is 183 Å². The van der Waals surface area contributed by atoms with E-state index in [0.29, 0.717) is 173 Å². The van der Waals surface area contributed by atoms with Crippen LogP contribution in [0.5, 0.6) is 34.5 Å². The molecule has 6 aromatic rings. The van der Waals surface area contributed by atoms with Crippen molar-refractivity contribution < 1.29 is 50.4 Å². The number of ketones is 2. The summed E-state index contributed by atoms with van der Waals surface area (Å²) in [5.74, 6) is 0.0128. The molecule has 8 bridgehead atoms. The molecule has 0 aliphatic carbocycles. The Morgan fingerprint density at radius 1 is 0.394 bits per heavy atom. The Hall–Kier alpha value is -10.3. The van der Waals surface area contributed by atoms with Gasteiger partial charge in [-0.15, -0.1) is 0 Å². The van der Waals surface area contributed by atoms with E-state index in [0.717, 1.165) is 28.7 Å². The van der Waals surface area contributed by atoms with Crippen LogP contribution in [0.4, 0.5) is 0 Å². The molecule has 0 atom stereocenters. The van der Waals surface area contributed by atoms with Crippen molar-refractivity contribution in [1.82, 2.24) is 21.3 Å². The quantitative estimate of drug-likeness (QED) is 0.0346. The van der Waals surface area contributed by atoms with E-state index in [4.69, 9.17) is 0 Å². The van der Waals surface area contributed by atoms with Gasteiger partial charge in [0.25, 0.3) is 0 Å². The fourth-order valence-electron chi connectivity index (χ4n) is 10.1. The second-order valence-electron chi connectivity index (χ2n) is 24.0. The van der Waals surface area contributed by atoms with E-state index in [9.17, 15) is 50.4 Å². The van der Waals surface area contributed by atoms with Crippen LogP contribution < -0.4 is 21.3 Å². The van der Waals surface area contributed by atoms with Gasteiger partial charge in [-0.05, 0) is 169 Å². The molecule has 2 aliphatic heterocycles. The zero-order valence-corrected chi connectivity index (χ0v) is 57.6. The number of aryl methyl sites for hydroxylation is 4. The number of aromatic hydroxyl groups is 6. The first-order valence-corrected chi connectivity index (χ1v) is 33.4. The molecule has 0 unspecified atom stereocenters. The Morgan fingerprint density at radius 2 is 0.626 bits per heavy atom. The zero-order chi connectivity index (χ0) is 71.3. The summed E-state index contributed by atoms with van der Waals surface area (Å²) < 4.78 is 0. The van der Waals surface area contributed by atoms with Crippen LogP contribution in [0, 0.1) is 27.7 Å². The molecule has 0 aromatic heterocycles. The first kappa shape index (κ1) is 77.7. The number of carbonyl (C=O) groups is 2. The molecular formula is C77H96N12O10. The largest absolute Gasteiger partial charge is 0.507 e. The standard InChI is InChI=1S/C28H36N4O4.C26H34N6O2.C23H26N2O4/c1-19-11-21-15-29-7-3-25(33)5-9-31-17-23-13-20(2)14-24(28(23)36)18-32-10-6-26(34)4-8-30-16-22(12-19)27(21)35;1-19-11-21-15-29-7-3-27-5-9-31-17-23-13-20(2)14-24(26(23)34)18-32-10-6-28-4-8-30-16-22(12-19)25(21)33;1-16(14-22(28)18-8-3-5-10-20(18)26)24-12-7-13-25-17(2)15-23(29)19-9-4-6-11-21(19)27/h11-18,25-26,33-36H,3-10H2,1-2H3;11-18,27-28,33-34H,3-10H2,1-2H3;3-6,8-11,14-15,24-27H,7,12-13H2,1-2H3. The molecule has 6 aromatic carbocycles. The Bertz CT molecular complexity index is 3540. The number of phenols is 6. The second kappa shape index (κ2) is 42.4. The lowest BCUT2D eigenvalue weighted by Crippen LogP contribution is -2.21. The van der Waals surface area contributed by atoms with Crippen molar-refractivity contribution in [2.24, 2.45) is 39.9 Å². The van der Waals surface area contributed by atoms with Crippen molar-refractivity contribution in [2.45, 2.75) is 85.9 Å². The summed E-state index contributed by atoms with van der Waals surface area (Å²) in [7, 11) is 0. The van der Waals surface area contributed by atoms with Gasteiger partial charge < -0.3 is 62.1 Å². The summed E-state index contributed by atoms with van der Waals surface area (Å²) in [4.78, 5) is 59.5. The maximum absolute atomic E-state index is 12.2. The second-order valence-corrected chi connectivity index (χ2v) is 24.0. The van der Waals surface area contributed by atoms with Crippen LogP contribution >= 0.6 is 0 Å². The lowest BCUT2D eigenvalue weighted by atomic mass is 10.1. The first-order valence-electron chi connectivity index (χ1n) is 33.4. The third-order valence-electron chi connectivity index (χ3n) is 15.3. The molecule has 524 valence electrons. The molecule has 0 saturated heterocycles. The number of allylic oxidation sites excluding steroid dienone is 4. The third-order valence-corrected chi connectivity index (χ3v) is 15.3. The molecule has 8 rings (SSSR count). The molecule has 0 spiro atoms. The summed E-state index contributed by atoms with van der Waals surface area (Å²) >= 11 is 0. The van der Waals surface area contributed by atoms with Crippen LogP contribution in [0.15, 0.2) is 161 Å². The molecule has 99 heavy (non-hydrogen) atoms. The van der Waals surface area contributed by atoms with Gasteiger partial charge in [0.1, 0.15) is 34.5 Å². The molecular weight excluding hydrogens is 1250 g/mol. The number of nitrogens with one attached hydrogen (secondary N) is 4. The van der Waals surface area contributed by atoms with E-state index >= 15 is 0 Å². The van der Waals surface area contributed by atoms with Crippen LogP contribution in [0.25, 0.3) is 0 Å². The average molecular weight is 1350 g/mol. The van der Waals surface area contributed by atoms with E-state index in [-0.39, 0.29) is 57.2 Å². The van der Waals surface area contributed by atoms with Crippen molar-refractivity contribution in [3.05, 3.63) is 198 Å². The predicted molar refractivity (Wildman–Crippen MR) is 400 cm³/mol. The van der Waals surface area contributed by atoms with Crippen LogP contribution in [0.3, 0.4) is 0 Å². The molecule has 0 amide bonds. The normalized spacial score (nSPS) is 16.4. The van der Waals surface area contributed by atoms with Gasteiger partial charge >= 0.3 is 0 Å². The smallest absolute Gasteiger partial charge is 0.191 e. The number of aliphatic hydroxyl groups excluding tert-OH is 2. The third kappa shape index (κ3) is 28.0. The highest BCUT2D eigenvalue weighted by molar-refractivity contribution is 6.07. The number of hydrogen-bond acceptors (Lipinski definition) is 22. The van der Waals surface area contributed by atoms with Crippen LogP contribution in [0.2, 0.25) is 0 Å². The number of benzene rings is 6. The number of phenolic OH excluding ortho intramolecular Hbond substituents is 6. The summed E-state index contributed by atoms with van der Waals surface area (Å²) in [6.45, 7) is 19.6. The lowest BCUT2D eigenvalue weighted by Gasteiger charge is -2.09. The Balaban J connectivity index is 0.000000236. The monoisotopic (exact) mass is 1350 g/mol. The van der Waals surface area contributed by atoms with Crippen molar-refractivity contribution in [2.75, 3.05) is 91.6 Å². The van der Waals surface area contributed by atoms with E-state index < -0.39 is 12.2 Å². The summed E-state index contributed by atoms with van der Waals surface area (Å²) in [6, 6.07) is 27.9. The highest BCUT2D eigenvalue weighted by atomic mass is 16.3. The topological polar surface area (TPSA) is 343 Å². The number of nitrogens with zero attached hydrogens (tertiary/aromatic N) is 8. The van der Waals surface area contributed by atoms with E-state index in [1.807, 2.05) is 76.2 Å². The highest BCUT2D eigenvalue weighted by Crippen LogP contribution is 2.26. The Labute approximate surface area is 580 Å². The minimum absolute atomic E-state index is 0.0358. The number of para-hydroxylation sites is 2. The average Bonchev–Trinajstić information content (AvgIpc) is 0.897. The highest BCUT2D eigenvalue weighted by Gasteiger charge is 2.14. The van der Waals surface area contributed by atoms with E-state index in [1.54, 1.807) is 100.0 Å². The fourth-order valence-corrected chi connectivity index (χ4v) is 10.1. The van der Waals surface area contributed by atoms with Gasteiger partial charge in [0.2, 0.25) is 0 Å². The molecule has 22 nitrogen and oxygen atoms in total. The molecule has 12 N–H and O–H groups in total. The zero-order valence-electron chi connectivity index (χ0n) is 57.6. The number of aliphatic hydroxyl groups is 2. The van der Waals surface area contributed by atoms with Crippen molar-refractivity contribution in [1.29, 1.82) is 0 Å². The summed E-state index contributed by atoms with van der Waals surface area (Å²) in [5, 5.41) is 95.2. The van der Waals surface area contributed by atoms with Crippen molar-refractivity contribution in [3.8, 4) is 34.5 Å². The maximum atomic E-state index is 12.2. The number of fused-ring (bicyclic) bond motifs is 8. The molecule has 2 aliphatic rings. The fraction of sp³-hybridized carbons (Fsp3) is 0.351. The van der Waals surface area contributed by atoms with Crippen molar-refractivity contribution >= 4 is 61.3 Å². The van der Waals surface area contributed by atoms with Gasteiger partial charge in [-0.25, -0.2) is 0 Å². The summed E-state index contributed by atoms with van der Waals surface area (Å²) in [5.41, 5.74) is 11.1. The number of hydrogen-bond donors (Lipinski definition) is 12. The Morgan fingerprint density at radius 3 is 0.869 bits per heavy atom. The van der Waals surface area contributed by atoms with E-state index in [2.05, 4.69) is 61.2 Å². The number of carbonyl (C=O) groups excluding carboxylic acids is 2. The maximum Gasteiger partial charge on any atom is 0.191 e. The Kier molecular flexibility index (Phi) is 33.3. The van der Waals surface area contributed by atoms with Gasteiger partial charge in [0.05, 0.1) is 49.5 Å². The lowest BCUT2D eigenvalue weighted by molar-refractivity contribution is 0.103. The van der Waals surface area contributed by atoms with E-state index in [1.165, 1.54) is 24.3 Å². The molecule has 22 heteroatoms. The molecule has 0 fully saturated rings. The SMILES string of the molecule is CC(=CC(=O)c1ccccc1O)NCCCNC(C)=CC(=O)c1ccccc1O.Cc1cc2c(O)c(c1)C=NCCC(O)CCN=Cc1cc(C)cc(c1O)C=NCCC(O)CCN=C2.Cc1cc2c(O)c(c1)C=NCCNCCN=Cc1cc(C)cc(c1O)C=NCCNCCN=C2. The molecule has 0 saturated carbocycles. The number of aliphatic imine (C=N–C) groups is 8. The van der Waals surface area contributed by atoms with Gasteiger partial charge in [0.15, 0.2) is 11.6 Å². The first-order chi connectivity index (χ1) is 47.8. The van der Waals surface area contributed by atoms with Gasteiger partial charge in [-0.1, -0.05) is 24.3 Å². The minimum atomic E-state index is -0.553. The minimum Gasteiger partial charge on any atom is -0.507 e. The predicted octanol–water partition coefficient (Wildman–Crippen LogP) is 9.21. The van der Waals surface area contributed by atoms with Crippen LogP contribution in [0.1, 0.15) is 133 Å².